The van der Waals surface area contributed by atoms with Gasteiger partial charge in [-0.3, -0.25) is 14.5 Å². The molecule has 0 radical (unpaired) electrons. The van der Waals surface area contributed by atoms with Crippen LogP contribution in [0.15, 0.2) is 36.0 Å². The van der Waals surface area contributed by atoms with E-state index < -0.39 is 0 Å². The molecule has 2 aliphatic rings. The molecule has 134 valence electrons. The van der Waals surface area contributed by atoms with E-state index in [0.717, 1.165) is 44.3 Å². The number of hydrogen-bond acceptors (Lipinski definition) is 3. The van der Waals surface area contributed by atoms with Crippen LogP contribution >= 0.6 is 0 Å². The van der Waals surface area contributed by atoms with Crippen molar-refractivity contribution in [2.75, 3.05) is 19.6 Å². The number of likely N-dealkylation sites (tertiary alicyclic amines) is 1. The van der Waals surface area contributed by atoms with E-state index in [1.807, 2.05) is 30.3 Å². The molecule has 1 atom stereocenters. The first-order valence-electron chi connectivity index (χ1n) is 9.54. The average Bonchev–Trinajstić information content (AvgIpc) is 2.87. The monoisotopic (exact) mass is 340 g/mol. The third-order valence-corrected chi connectivity index (χ3v) is 5.16. The van der Waals surface area contributed by atoms with Gasteiger partial charge in [-0.2, -0.15) is 0 Å². The molecule has 0 spiro atoms. The summed E-state index contributed by atoms with van der Waals surface area (Å²) in [5.74, 6) is 0.324. The van der Waals surface area contributed by atoms with Crippen LogP contribution in [0, 0.1) is 5.92 Å². The normalized spacial score (nSPS) is 21.4. The Morgan fingerprint density at radius 1 is 1.08 bits per heavy atom. The fourth-order valence-corrected chi connectivity index (χ4v) is 3.84. The molecule has 3 rings (SSSR count). The third kappa shape index (κ3) is 3.63. The van der Waals surface area contributed by atoms with Gasteiger partial charge in [0.05, 0.1) is 5.57 Å². The second-order valence-electron chi connectivity index (χ2n) is 7.25. The van der Waals surface area contributed by atoms with Gasteiger partial charge in [-0.25, -0.2) is 0 Å². The van der Waals surface area contributed by atoms with Crippen molar-refractivity contribution < 1.29 is 9.59 Å². The van der Waals surface area contributed by atoms with Gasteiger partial charge in [0.1, 0.15) is 5.70 Å². The van der Waals surface area contributed by atoms with E-state index in [2.05, 4.69) is 18.7 Å². The molecule has 1 saturated heterocycles. The van der Waals surface area contributed by atoms with Crippen LogP contribution in [0.2, 0.25) is 0 Å². The van der Waals surface area contributed by atoms with Gasteiger partial charge in [0.2, 0.25) is 0 Å². The summed E-state index contributed by atoms with van der Waals surface area (Å²) in [4.78, 5) is 29.8. The topological polar surface area (TPSA) is 40.6 Å². The minimum absolute atomic E-state index is 0.103. The number of hydrogen-bond donors (Lipinski definition) is 0. The Labute approximate surface area is 150 Å². The SMILES string of the molecule is CCCCCN1C(=O)C(c2ccccc2)=C(N2CCCC(C)C2)C1=O. The maximum Gasteiger partial charge on any atom is 0.277 e. The lowest BCUT2D eigenvalue weighted by Crippen LogP contribution is -2.39. The molecule has 1 unspecified atom stereocenters. The Kier molecular flexibility index (Phi) is 5.57. The molecular formula is C21H28N2O2. The standard InChI is InChI=1S/C21H28N2O2/c1-3-4-8-14-23-20(24)18(17-11-6-5-7-12-17)19(21(23)25)22-13-9-10-16(2)15-22/h5-7,11-12,16H,3-4,8-10,13-15H2,1-2H3. The van der Waals surface area contributed by atoms with Crippen molar-refractivity contribution in [3.8, 4) is 0 Å². The maximum absolute atomic E-state index is 13.1. The van der Waals surface area contributed by atoms with Crippen molar-refractivity contribution in [2.24, 2.45) is 5.92 Å². The predicted molar refractivity (Wildman–Crippen MR) is 99.6 cm³/mol. The van der Waals surface area contributed by atoms with E-state index in [1.165, 1.54) is 11.3 Å². The van der Waals surface area contributed by atoms with Gasteiger partial charge in [0, 0.05) is 19.6 Å². The Balaban J connectivity index is 1.95. The maximum atomic E-state index is 13.1. The number of imide groups is 1. The van der Waals surface area contributed by atoms with Crippen molar-refractivity contribution in [3.05, 3.63) is 41.6 Å². The highest BCUT2D eigenvalue weighted by Gasteiger charge is 2.41. The summed E-state index contributed by atoms with van der Waals surface area (Å²) in [6, 6.07) is 9.66. The molecule has 0 saturated carbocycles. The summed E-state index contributed by atoms with van der Waals surface area (Å²) in [6.07, 6.45) is 5.25. The van der Waals surface area contributed by atoms with Crippen molar-refractivity contribution in [2.45, 2.75) is 46.0 Å². The number of amides is 2. The van der Waals surface area contributed by atoms with Gasteiger partial charge in [0.25, 0.3) is 11.8 Å². The summed E-state index contributed by atoms with van der Waals surface area (Å²) in [5, 5.41) is 0. The Hall–Kier alpha value is -2.10. The van der Waals surface area contributed by atoms with Crippen molar-refractivity contribution in [3.63, 3.8) is 0 Å². The summed E-state index contributed by atoms with van der Waals surface area (Å²) in [6.45, 7) is 6.58. The Morgan fingerprint density at radius 3 is 2.52 bits per heavy atom. The van der Waals surface area contributed by atoms with Crippen LogP contribution in [0.25, 0.3) is 5.57 Å². The smallest absolute Gasteiger partial charge is 0.277 e. The summed E-state index contributed by atoms with van der Waals surface area (Å²) >= 11 is 0. The molecule has 2 heterocycles. The summed E-state index contributed by atoms with van der Waals surface area (Å²) in [7, 11) is 0. The quantitative estimate of drug-likeness (QED) is 0.586. The molecular weight excluding hydrogens is 312 g/mol. The molecule has 2 amide bonds. The number of unbranched alkanes of at least 4 members (excludes halogenated alkanes) is 2. The predicted octanol–water partition coefficient (Wildman–Crippen LogP) is 3.69. The number of carbonyl (C=O) groups excluding carboxylic acids is 2. The number of carbonyl (C=O) groups is 2. The summed E-state index contributed by atoms with van der Waals surface area (Å²) < 4.78 is 0. The lowest BCUT2D eigenvalue weighted by atomic mass is 9.98. The first kappa shape index (κ1) is 17.7. The fourth-order valence-electron chi connectivity index (χ4n) is 3.84. The van der Waals surface area contributed by atoms with Gasteiger partial charge < -0.3 is 4.90 Å². The zero-order valence-corrected chi connectivity index (χ0v) is 15.3. The van der Waals surface area contributed by atoms with Gasteiger partial charge in [-0.1, -0.05) is 57.0 Å². The van der Waals surface area contributed by atoms with Crippen LogP contribution in [0.3, 0.4) is 0 Å². The minimum Gasteiger partial charge on any atom is -0.366 e. The van der Waals surface area contributed by atoms with Gasteiger partial charge >= 0.3 is 0 Å². The van der Waals surface area contributed by atoms with Crippen molar-refractivity contribution >= 4 is 17.4 Å². The highest BCUT2D eigenvalue weighted by molar-refractivity contribution is 6.35. The van der Waals surface area contributed by atoms with Crippen LogP contribution in [0.4, 0.5) is 0 Å². The van der Waals surface area contributed by atoms with Crippen molar-refractivity contribution in [1.82, 2.24) is 9.80 Å². The molecule has 1 aromatic rings. The average molecular weight is 340 g/mol. The highest BCUT2D eigenvalue weighted by Crippen LogP contribution is 2.34. The molecule has 1 aromatic carbocycles. The lowest BCUT2D eigenvalue weighted by Gasteiger charge is -2.33. The van der Waals surface area contributed by atoms with Crippen LogP contribution in [0.1, 0.15) is 51.5 Å². The summed E-state index contributed by atoms with van der Waals surface area (Å²) in [5.41, 5.74) is 2.07. The van der Waals surface area contributed by atoms with E-state index in [4.69, 9.17) is 0 Å². The minimum atomic E-state index is -0.125. The zero-order valence-electron chi connectivity index (χ0n) is 15.3. The number of nitrogens with zero attached hydrogens (tertiary/aromatic N) is 2. The van der Waals surface area contributed by atoms with Crippen LogP contribution in [-0.2, 0) is 9.59 Å². The molecule has 2 aliphatic heterocycles. The molecule has 1 fully saturated rings. The zero-order chi connectivity index (χ0) is 17.8. The second kappa shape index (κ2) is 7.85. The van der Waals surface area contributed by atoms with Crippen LogP contribution in [-0.4, -0.2) is 41.2 Å². The van der Waals surface area contributed by atoms with E-state index >= 15 is 0 Å². The molecule has 4 nitrogen and oxygen atoms in total. The highest BCUT2D eigenvalue weighted by atomic mass is 16.2. The Bertz CT molecular complexity index is 666. The van der Waals surface area contributed by atoms with E-state index in [0.29, 0.717) is 23.7 Å². The third-order valence-electron chi connectivity index (χ3n) is 5.16. The lowest BCUT2D eigenvalue weighted by molar-refractivity contribution is -0.137. The molecule has 0 N–H and O–H groups in total. The fraction of sp³-hybridized carbons (Fsp3) is 0.524. The second-order valence-corrected chi connectivity index (χ2v) is 7.25. The van der Waals surface area contributed by atoms with Crippen LogP contribution in [0.5, 0.6) is 0 Å². The number of rotatable bonds is 6. The molecule has 0 aromatic heterocycles. The van der Waals surface area contributed by atoms with E-state index in [-0.39, 0.29) is 11.8 Å². The first-order chi connectivity index (χ1) is 12.1. The first-order valence-corrected chi connectivity index (χ1v) is 9.54. The van der Waals surface area contributed by atoms with Crippen LogP contribution < -0.4 is 0 Å². The molecule has 4 heteroatoms. The Morgan fingerprint density at radius 2 is 1.84 bits per heavy atom. The van der Waals surface area contributed by atoms with E-state index in [9.17, 15) is 9.59 Å². The molecule has 0 bridgehead atoms. The van der Waals surface area contributed by atoms with Gasteiger partial charge in [0.15, 0.2) is 0 Å². The largest absolute Gasteiger partial charge is 0.366 e. The van der Waals surface area contributed by atoms with Crippen molar-refractivity contribution in [1.29, 1.82) is 0 Å². The number of benzene rings is 1. The number of piperidine rings is 1. The molecule has 25 heavy (non-hydrogen) atoms. The van der Waals surface area contributed by atoms with E-state index in [1.54, 1.807) is 0 Å². The van der Waals surface area contributed by atoms with Gasteiger partial charge in [-0.05, 0) is 30.7 Å². The van der Waals surface area contributed by atoms with Gasteiger partial charge in [-0.15, -0.1) is 0 Å². The molecule has 0 aliphatic carbocycles.